The standard InChI is InChI=1S/C16H18ClNO3/c1-10-12-8-11(17)2-3-13(12)21-14(10)15(20)18-9-16(4-5-16)6-7-19/h2-3,8,19H,4-7,9H2,1H3,(H,18,20). The van der Waals surface area contributed by atoms with Gasteiger partial charge in [-0.25, -0.2) is 0 Å². The van der Waals surface area contributed by atoms with Crippen LogP contribution in [0.15, 0.2) is 22.6 Å². The van der Waals surface area contributed by atoms with Crippen molar-refractivity contribution < 1.29 is 14.3 Å². The summed E-state index contributed by atoms with van der Waals surface area (Å²) in [5, 5.41) is 13.5. The van der Waals surface area contributed by atoms with Crippen LogP contribution in [0.25, 0.3) is 11.0 Å². The van der Waals surface area contributed by atoms with E-state index >= 15 is 0 Å². The van der Waals surface area contributed by atoms with E-state index in [1.54, 1.807) is 18.2 Å². The Bertz CT molecular complexity index is 688. The minimum Gasteiger partial charge on any atom is -0.451 e. The fourth-order valence-electron chi connectivity index (χ4n) is 2.69. The molecular formula is C16H18ClNO3. The van der Waals surface area contributed by atoms with E-state index in [4.69, 9.17) is 21.1 Å². The van der Waals surface area contributed by atoms with Crippen LogP contribution in [0.1, 0.15) is 35.4 Å². The zero-order chi connectivity index (χ0) is 15.0. The van der Waals surface area contributed by atoms with Crippen molar-refractivity contribution in [2.45, 2.75) is 26.2 Å². The number of carbonyl (C=O) groups is 1. The maximum absolute atomic E-state index is 12.3. The molecule has 1 fully saturated rings. The maximum Gasteiger partial charge on any atom is 0.287 e. The van der Waals surface area contributed by atoms with E-state index < -0.39 is 0 Å². The number of carbonyl (C=O) groups excluding carboxylic acids is 1. The van der Waals surface area contributed by atoms with Gasteiger partial charge in [-0.1, -0.05) is 11.6 Å². The highest BCUT2D eigenvalue weighted by molar-refractivity contribution is 6.31. The van der Waals surface area contributed by atoms with Gasteiger partial charge < -0.3 is 14.8 Å². The Hall–Kier alpha value is -1.52. The lowest BCUT2D eigenvalue weighted by Crippen LogP contribution is -2.30. The Labute approximate surface area is 128 Å². The first kappa shape index (κ1) is 14.4. The summed E-state index contributed by atoms with van der Waals surface area (Å²) in [5.74, 6) is 0.135. The average Bonchev–Trinajstić information content (AvgIpc) is 3.16. The van der Waals surface area contributed by atoms with E-state index in [0.717, 1.165) is 30.2 Å². The molecule has 0 unspecified atom stereocenters. The lowest BCUT2D eigenvalue weighted by atomic mass is 10.0. The number of benzene rings is 1. The summed E-state index contributed by atoms with van der Waals surface area (Å²) in [5.41, 5.74) is 1.56. The molecule has 1 saturated carbocycles. The molecule has 21 heavy (non-hydrogen) atoms. The Kier molecular flexibility index (Phi) is 3.68. The van der Waals surface area contributed by atoms with Gasteiger partial charge in [0.05, 0.1) is 0 Å². The molecule has 1 aromatic heterocycles. The highest BCUT2D eigenvalue weighted by Crippen LogP contribution is 2.47. The van der Waals surface area contributed by atoms with Crippen molar-refractivity contribution in [2.75, 3.05) is 13.2 Å². The molecule has 1 heterocycles. The van der Waals surface area contributed by atoms with Crippen molar-refractivity contribution in [2.24, 2.45) is 5.41 Å². The van der Waals surface area contributed by atoms with Crippen LogP contribution in [0, 0.1) is 12.3 Å². The van der Waals surface area contributed by atoms with Gasteiger partial charge in [0, 0.05) is 29.1 Å². The molecule has 0 aliphatic heterocycles. The van der Waals surface area contributed by atoms with Gasteiger partial charge in [0.1, 0.15) is 5.58 Å². The third kappa shape index (κ3) is 2.78. The van der Waals surface area contributed by atoms with Crippen LogP contribution in [0.4, 0.5) is 0 Å². The Morgan fingerprint density at radius 3 is 2.90 bits per heavy atom. The SMILES string of the molecule is Cc1c(C(=O)NCC2(CCO)CC2)oc2ccc(Cl)cc12. The summed E-state index contributed by atoms with van der Waals surface area (Å²) < 4.78 is 5.64. The van der Waals surface area contributed by atoms with Gasteiger partial charge in [-0.05, 0) is 49.8 Å². The van der Waals surface area contributed by atoms with Crippen molar-refractivity contribution in [3.05, 3.63) is 34.5 Å². The van der Waals surface area contributed by atoms with Crippen LogP contribution in [0.3, 0.4) is 0 Å². The summed E-state index contributed by atoms with van der Waals surface area (Å²) in [4.78, 5) is 12.3. The third-order valence-electron chi connectivity index (χ3n) is 4.33. The largest absolute Gasteiger partial charge is 0.451 e. The van der Waals surface area contributed by atoms with Crippen molar-refractivity contribution in [3.63, 3.8) is 0 Å². The average molecular weight is 308 g/mol. The molecular weight excluding hydrogens is 290 g/mol. The van der Waals surface area contributed by atoms with E-state index in [2.05, 4.69) is 5.32 Å². The fraction of sp³-hybridized carbons (Fsp3) is 0.438. The second-order valence-electron chi connectivity index (χ2n) is 5.85. The summed E-state index contributed by atoms with van der Waals surface area (Å²) in [6.07, 6.45) is 2.85. The van der Waals surface area contributed by atoms with Crippen LogP contribution < -0.4 is 5.32 Å². The fourth-order valence-corrected chi connectivity index (χ4v) is 2.86. The van der Waals surface area contributed by atoms with Crippen molar-refractivity contribution >= 4 is 28.5 Å². The molecule has 5 heteroatoms. The lowest BCUT2D eigenvalue weighted by Gasteiger charge is -2.13. The molecule has 1 aliphatic rings. The number of hydrogen-bond donors (Lipinski definition) is 2. The first-order valence-electron chi connectivity index (χ1n) is 7.12. The number of halogens is 1. The molecule has 0 radical (unpaired) electrons. The second-order valence-corrected chi connectivity index (χ2v) is 6.29. The first-order chi connectivity index (χ1) is 10.0. The molecule has 4 nitrogen and oxygen atoms in total. The van der Waals surface area contributed by atoms with Gasteiger partial charge in [-0.15, -0.1) is 0 Å². The van der Waals surface area contributed by atoms with E-state index in [1.165, 1.54) is 0 Å². The predicted octanol–water partition coefficient (Wildman–Crippen LogP) is 3.29. The van der Waals surface area contributed by atoms with Gasteiger partial charge in [0.25, 0.3) is 5.91 Å². The molecule has 3 rings (SSSR count). The monoisotopic (exact) mass is 307 g/mol. The van der Waals surface area contributed by atoms with Gasteiger partial charge in [-0.3, -0.25) is 4.79 Å². The van der Waals surface area contributed by atoms with Crippen molar-refractivity contribution in [1.82, 2.24) is 5.32 Å². The summed E-state index contributed by atoms with van der Waals surface area (Å²) in [7, 11) is 0. The zero-order valence-electron chi connectivity index (χ0n) is 11.9. The molecule has 0 atom stereocenters. The summed E-state index contributed by atoms with van der Waals surface area (Å²) in [6.45, 7) is 2.61. The number of furan rings is 1. The van der Waals surface area contributed by atoms with Crippen LogP contribution >= 0.6 is 11.6 Å². The van der Waals surface area contributed by atoms with Gasteiger partial charge in [0.15, 0.2) is 5.76 Å². The van der Waals surface area contributed by atoms with Gasteiger partial charge >= 0.3 is 0 Å². The van der Waals surface area contributed by atoms with Crippen LogP contribution in [0.5, 0.6) is 0 Å². The third-order valence-corrected chi connectivity index (χ3v) is 4.56. The first-order valence-corrected chi connectivity index (χ1v) is 7.50. The molecule has 1 aromatic carbocycles. The number of aliphatic hydroxyl groups is 1. The molecule has 0 spiro atoms. The molecule has 0 saturated heterocycles. The highest BCUT2D eigenvalue weighted by atomic mass is 35.5. The van der Waals surface area contributed by atoms with Crippen LogP contribution in [-0.2, 0) is 0 Å². The topological polar surface area (TPSA) is 62.5 Å². The van der Waals surface area contributed by atoms with Crippen molar-refractivity contribution in [1.29, 1.82) is 0 Å². The summed E-state index contributed by atoms with van der Waals surface area (Å²) >= 11 is 5.98. The molecule has 112 valence electrons. The molecule has 2 N–H and O–H groups in total. The van der Waals surface area contributed by atoms with Crippen molar-refractivity contribution in [3.8, 4) is 0 Å². The predicted molar refractivity (Wildman–Crippen MR) is 81.7 cm³/mol. The minimum absolute atomic E-state index is 0.0909. The number of rotatable bonds is 5. The number of aliphatic hydroxyl groups excluding tert-OH is 1. The Morgan fingerprint density at radius 1 is 1.48 bits per heavy atom. The number of hydrogen-bond acceptors (Lipinski definition) is 3. The number of fused-ring (bicyclic) bond motifs is 1. The van der Waals surface area contributed by atoms with E-state index in [0.29, 0.717) is 22.9 Å². The van der Waals surface area contributed by atoms with Crippen LogP contribution in [0.2, 0.25) is 5.02 Å². The summed E-state index contributed by atoms with van der Waals surface area (Å²) in [6, 6.07) is 5.32. The quantitative estimate of drug-likeness (QED) is 0.891. The maximum atomic E-state index is 12.3. The second kappa shape index (κ2) is 5.35. The Balaban J connectivity index is 1.77. The lowest BCUT2D eigenvalue weighted by molar-refractivity contribution is 0.0914. The number of amides is 1. The minimum atomic E-state index is -0.205. The van der Waals surface area contributed by atoms with Gasteiger partial charge in [-0.2, -0.15) is 0 Å². The zero-order valence-corrected chi connectivity index (χ0v) is 12.7. The Morgan fingerprint density at radius 2 is 2.24 bits per heavy atom. The molecule has 0 bridgehead atoms. The number of aryl methyl sites for hydroxylation is 1. The van der Waals surface area contributed by atoms with Gasteiger partial charge in [0.2, 0.25) is 0 Å². The van der Waals surface area contributed by atoms with E-state index in [-0.39, 0.29) is 17.9 Å². The van der Waals surface area contributed by atoms with Crippen LogP contribution in [-0.4, -0.2) is 24.2 Å². The highest BCUT2D eigenvalue weighted by Gasteiger charge is 2.42. The van der Waals surface area contributed by atoms with E-state index in [9.17, 15) is 4.79 Å². The molecule has 1 amide bonds. The van der Waals surface area contributed by atoms with E-state index in [1.807, 2.05) is 6.92 Å². The number of nitrogens with one attached hydrogen (secondary N) is 1. The smallest absolute Gasteiger partial charge is 0.287 e. The molecule has 1 aliphatic carbocycles. The molecule has 2 aromatic rings. The normalized spacial score (nSPS) is 16.1.